The van der Waals surface area contributed by atoms with E-state index in [1.807, 2.05) is 0 Å². The fourth-order valence-corrected chi connectivity index (χ4v) is 3.48. The zero-order valence-corrected chi connectivity index (χ0v) is 15.9. The first-order valence-electron chi connectivity index (χ1n) is 8.28. The summed E-state index contributed by atoms with van der Waals surface area (Å²) in [6, 6.07) is 11.5. The number of hydrogen-bond donors (Lipinski definition) is 1. The Bertz CT molecular complexity index is 927. The van der Waals surface area contributed by atoms with Crippen LogP contribution in [0.5, 0.6) is 0 Å². The van der Waals surface area contributed by atoms with E-state index in [4.69, 9.17) is 0 Å². The minimum Gasteiger partial charge on any atom is -0.341 e. The minimum absolute atomic E-state index is 0.0245. The average molecular weight is 392 g/mol. The van der Waals surface area contributed by atoms with Gasteiger partial charge >= 0.3 is 0 Å². The molecule has 0 aliphatic heterocycles. The number of benzene rings is 2. The van der Waals surface area contributed by atoms with Gasteiger partial charge in [0.1, 0.15) is 5.82 Å². The van der Waals surface area contributed by atoms with Gasteiger partial charge in [-0.05, 0) is 36.8 Å². The summed E-state index contributed by atoms with van der Waals surface area (Å²) in [5.74, 6) is -0.833. The van der Waals surface area contributed by atoms with Crippen molar-refractivity contribution in [3.05, 3.63) is 65.5 Å². The number of carbonyl (C=O) groups excluding carboxylic acids is 2. The lowest BCUT2D eigenvalue weighted by Crippen LogP contribution is -2.32. The second-order valence-electron chi connectivity index (χ2n) is 6.11. The van der Waals surface area contributed by atoms with Crippen LogP contribution in [0.1, 0.15) is 29.3 Å². The molecule has 0 saturated heterocycles. The molecule has 2 aromatic rings. The highest BCUT2D eigenvalue weighted by atomic mass is 32.2. The highest BCUT2D eigenvalue weighted by molar-refractivity contribution is 7.89. The average Bonchev–Trinajstić information content (AvgIpc) is 2.63. The number of Topliss-reactive ketones (excluding diaryl/α,β-unsaturated/α-hetero) is 1. The third kappa shape index (κ3) is 5.97. The van der Waals surface area contributed by atoms with Crippen LogP contribution < -0.4 is 4.72 Å². The maximum Gasteiger partial charge on any atom is 0.240 e. The monoisotopic (exact) mass is 392 g/mol. The van der Waals surface area contributed by atoms with E-state index < -0.39 is 10.0 Å². The number of nitrogens with one attached hydrogen (secondary N) is 1. The van der Waals surface area contributed by atoms with E-state index in [9.17, 15) is 22.4 Å². The van der Waals surface area contributed by atoms with E-state index in [0.29, 0.717) is 12.1 Å². The standard InChI is InChI=1S/C19H21FN2O4S/c1-14(23)16-4-3-5-18(12-16)27(25,26)21-11-10-19(24)22(2)13-15-6-8-17(20)9-7-15/h3-9,12,21H,10-11,13H2,1-2H3. The van der Waals surface area contributed by atoms with Crippen LogP contribution in [0.3, 0.4) is 0 Å². The highest BCUT2D eigenvalue weighted by Crippen LogP contribution is 2.12. The van der Waals surface area contributed by atoms with Crippen molar-refractivity contribution in [1.82, 2.24) is 9.62 Å². The fourth-order valence-electron chi connectivity index (χ4n) is 2.40. The van der Waals surface area contributed by atoms with E-state index in [1.165, 1.54) is 48.2 Å². The summed E-state index contributed by atoms with van der Waals surface area (Å²) < 4.78 is 39.9. The summed E-state index contributed by atoms with van der Waals surface area (Å²) in [4.78, 5) is 25.0. The molecule has 0 aromatic heterocycles. The Hall–Kier alpha value is -2.58. The summed E-state index contributed by atoms with van der Waals surface area (Å²) in [7, 11) is -2.22. The Morgan fingerprint density at radius 3 is 2.41 bits per heavy atom. The van der Waals surface area contributed by atoms with Gasteiger partial charge in [0.05, 0.1) is 4.90 Å². The summed E-state index contributed by atoms with van der Waals surface area (Å²) in [6.07, 6.45) is -0.0245. The summed E-state index contributed by atoms with van der Waals surface area (Å²) >= 11 is 0. The first-order valence-corrected chi connectivity index (χ1v) is 9.76. The predicted molar refractivity (Wildman–Crippen MR) is 99.1 cm³/mol. The molecule has 6 nitrogen and oxygen atoms in total. The normalized spacial score (nSPS) is 11.2. The van der Waals surface area contributed by atoms with Crippen LogP contribution in [0.4, 0.5) is 4.39 Å². The van der Waals surface area contributed by atoms with Crippen LogP contribution in [0.15, 0.2) is 53.4 Å². The van der Waals surface area contributed by atoms with Crippen molar-refractivity contribution in [2.75, 3.05) is 13.6 Å². The maximum atomic E-state index is 12.9. The number of halogens is 1. The lowest BCUT2D eigenvalue weighted by Gasteiger charge is -2.17. The van der Waals surface area contributed by atoms with Gasteiger partial charge < -0.3 is 4.90 Å². The van der Waals surface area contributed by atoms with Crippen molar-refractivity contribution in [2.24, 2.45) is 0 Å². The number of amides is 1. The van der Waals surface area contributed by atoms with Crippen LogP contribution in [0, 0.1) is 5.82 Å². The van der Waals surface area contributed by atoms with Crippen molar-refractivity contribution in [1.29, 1.82) is 0 Å². The summed E-state index contributed by atoms with van der Waals surface area (Å²) in [5, 5.41) is 0. The van der Waals surface area contributed by atoms with Gasteiger partial charge in [-0.1, -0.05) is 24.3 Å². The molecule has 0 heterocycles. The van der Waals surface area contributed by atoms with Gasteiger partial charge in [0.2, 0.25) is 15.9 Å². The number of ketones is 1. The second-order valence-corrected chi connectivity index (χ2v) is 7.88. The van der Waals surface area contributed by atoms with Crippen LogP contribution >= 0.6 is 0 Å². The molecule has 0 spiro atoms. The molecule has 1 N–H and O–H groups in total. The Balaban J connectivity index is 1.90. The zero-order valence-electron chi connectivity index (χ0n) is 15.1. The molecule has 0 aliphatic carbocycles. The first-order chi connectivity index (χ1) is 12.7. The van der Waals surface area contributed by atoms with E-state index in [0.717, 1.165) is 5.56 Å². The van der Waals surface area contributed by atoms with Gasteiger partial charge in [-0.25, -0.2) is 17.5 Å². The first kappa shape index (κ1) is 20.7. The van der Waals surface area contributed by atoms with Gasteiger partial charge in [-0.15, -0.1) is 0 Å². The van der Waals surface area contributed by atoms with Crippen molar-refractivity contribution in [3.8, 4) is 0 Å². The van der Waals surface area contributed by atoms with Crippen molar-refractivity contribution in [3.63, 3.8) is 0 Å². The lowest BCUT2D eigenvalue weighted by atomic mass is 10.2. The summed E-state index contributed by atoms with van der Waals surface area (Å²) in [6.45, 7) is 1.58. The van der Waals surface area contributed by atoms with Gasteiger partial charge in [0.15, 0.2) is 5.78 Å². The van der Waals surface area contributed by atoms with E-state index in [1.54, 1.807) is 19.2 Å². The molecule has 0 unspecified atom stereocenters. The Labute approximate surface area is 158 Å². The molecule has 2 aromatic carbocycles. The number of sulfonamides is 1. The molecule has 1 amide bonds. The molecule has 0 atom stereocenters. The SMILES string of the molecule is CC(=O)c1cccc(S(=O)(=O)NCCC(=O)N(C)Cc2ccc(F)cc2)c1. The molecule has 2 rings (SSSR count). The number of carbonyl (C=O) groups is 2. The molecule has 8 heteroatoms. The summed E-state index contributed by atoms with van der Waals surface area (Å²) in [5.41, 5.74) is 1.07. The maximum absolute atomic E-state index is 12.9. The third-order valence-electron chi connectivity index (χ3n) is 3.94. The van der Waals surface area contributed by atoms with Gasteiger partial charge in [-0.3, -0.25) is 9.59 Å². The predicted octanol–water partition coefficient (Wildman–Crippen LogP) is 2.36. The van der Waals surface area contributed by atoms with Crippen molar-refractivity contribution in [2.45, 2.75) is 24.8 Å². The molecule has 27 heavy (non-hydrogen) atoms. The van der Waals surface area contributed by atoms with Crippen molar-refractivity contribution < 1.29 is 22.4 Å². The molecular formula is C19H21FN2O4S. The third-order valence-corrected chi connectivity index (χ3v) is 5.40. The molecule has 0 aliphatic rings. The highest BCUT2D eigenvalue weighted by Gasteiger charge is 2.16. The van der Waals surface area contributed by atoms with Gasteiger partial charge in [0, 0.05) is 32.1 Å². The Kier molecular flexibility index (Phi) is 6.81. The van der Waals surface area contributed by atoms with Gasteiger partial charge in [-0.2, -0.15) is 0 Å². The number of rotatable bonds is 8. The topological polar surface area (TPSA) is 83.5 Å². The molecule has 0 fully saturated rings. The van der Waals surface area contributed by atoms with E-state index >= 15 is 0 Å². The van der Waals surface area contributed by atoms with Crippen molar-refractivity contribution >= 4 is 21.7 Å². The number of hydrogen-bond acceptors (Lipinski definition) is 4. The Morgan fingerprint density at radius 1 is 1.11 bits per heavy atom. The molecule has 0 saturated carbocycles. The molecule has 144 valence electrons. The molecule has 0 bridgehead atoms. The quantitative estimate of drug-likeness (QED) is 0.699. The lowest BCUT2D eigenvalue weighted by molar-refractivity contribution is -0.130. The van der Waals surface area contributed by atoms with Crippen LogP contribution in [-0.4, -0.2) is 38.6 Å². The Morgan fingerprint density at radius 2 is 1.78 bits per heavy atom. The van der Waals surface area contributed by atoms with Crippen LogP contribution in [0.2, 0.25) is 0 Å². The second kappa shape index (κ2) is 8.88. The van der Waals surface area contributed by atoms with Crippen LogP contribution in [0.25, 0.3) is 0 Å². The zero-order chi connectivity index (χ0) is 20.0. The van der Waals surface area contributed by atoms with E-state index in [-0.39, 0.29) is 35.4 Å². The smallest absolute Gasteiger partial charge is 0.240 e. The minimum atomic E-state index is -3.82. The van der Waals surface area contributed by atoms with E-state index in [2.05, 4.69) is 4.72 Å². The fraction of sp³-hybridized carbons (Fsp3) is 0.263. The largest absolute Gasteiger partial charge is 0.341 e. The van der Waals surface area contributed by atoms with Gasteiger partial charge in [0.25, 0.3) is 0 Å². The molecular weight excluding hydrogens is 371 g/mol. The van der Waals surface area contributed by atoms with Crippen LogP contribution in [-0.2, 0) is 21.4 Å². The number of nitrogens with zero attached hydrogens (tertiary/aromatic N) is 1. The molecule has 0 radical (unpaired) electrons.